The second-order valence-electron chi connectivity index (χ2n) is 6.55. The van der Waals surface area contributed by atoms with Crippen LogP contribution in [-0.2, 0) is 4.74 Å². The van der Waals surface area contributed by atoms with Crippen molar-refractivity contribution >= 4 is 17.6 Å². The summed E-state index contributed by atoms with van der Waals surface area (Å²) >= 11 is 0. The summed E-state index contributed by atoms with van der Waals surface area (Å²) in [4.78, 5) is 26.5. The van der Waals surface area contributed by atoms with Crippen LogP contribution in [0, 0.1) is 0 Å². The van der Waals surface area contributed by atoms with Gasteiger partial charge in [0.25, 0.3) is 5.91 Å². The minimum absolute atomic E-state index is 0.169. The smallest absolute Gasteiger partial charge is 0.322 e. The number of carbonyl (C=O) groups excluding carboxylic acids is 2. The minimum atomic E-state index is -0.710. The molecule has 1 aliphatic heterocycles. The van der Waals surface area contributed by atoms with E-state index in [4.69, 9.17) is 9.47 Å². The van der Waals surface area contributed by atoms with Gasteiger partial charge in [-0.3, -0.25) is 4.79 Å². The molecule has 0 aromatic heterocycles. The zero-order valence-electron chi connectivity index (χ0n) is 15.0. The van der Waals surface area contributed by atoms with Gasteiger partial charge in [-0.15, -0.1) is 0 Å². The number of hydrogen-bond acceptors (Lipinski definition) is 5. The van der Waals surface area contributed by atoms with Crippen molar-refractivity contribution in [3.8, 4) is 5.75 Å². The first-order valence-corrected chi connectivity index (χ1v) is 8.85. The molecule has 1 saturated carbocycles. The van der Waals surface area contributed by atoms with Gasteiger partial charge in [0.15, 0.2) is 0 Å². The van der Waals surface area contributed by atoms with Gasteiger partial charge < -0.3 is 30.1 Å². The highest BCUT2D eigenvalue weighted by Gasteiger charge is 2.34. The zero-order valence-corrected chi connectivity index (χ0v) is 15.0. The topological polar surface area (TPSA) is 100 Å². The summed E-state index contributed by atoms with van der Waals surface area (Å²) in [5, 5.41) is 15.7. The first kappa shape index (κ1) is 18.5. The highest BCUT2D eigenvalue weighted by molar-refractivity contribution is 5.98. The van der Waals surface area contributed by atoms with E-state index in [1.54, 1.807) is 18.2 Å². The van der Waals surface area contributed by atoms with Crippen LogP contribution in [-0.4, -0.2) is 67.0 Å². The summed E-state index contributed by atoms with van der Waals surface area (Å²) in [7, 11) is 1.50. The quantitative estimate of drug-likeness (QED) is 0.705. The number of amides is 3. The third-order valence-electron chi connectivity index (χ3n) is 4.64. The number of ether oxygens (including phenoxy) is 2. The molecule has 1 aliphatic carbocycles. The summed E-state index contributed by atoms with van der Waals surface area (Å²) < 4.78 is 10.5. The van der Waals surface area contributed by atoms with Crippen molar-refractivity contribution in [2.24, 2.45) is 0 Å². The van der Waals surface area contributed by atoms with E-state index in [0.29, 0.717) is 30.2 Å². The number of hydrogen-bond donors (Lipinski definition) is 3. The Bertz CT molecular complexity index is 677. The van der Waals surface area contributed by atoms with Gasteiger partial charge in [0.2, 0.25) is 0 Å². The second kappa shape index (κ2) is 7.92. The standard InChI is InChI=1S/C18H25N3O5/c1-3-21(14-9-26-10-15(14)22)18(24)20-13-8-11(4-7-16(13)25-2)17(23)19-12-5-6-12/h4,7-8,12,14-15,22H,3,5-6,9-10H2,1-2H3,(H,19,23)(H,20,24)/t14-,15-/m0/s1. The molecular formula is C18H25N3O5. The molecule has 2 atom stereocenters. The maximum atomic E-state index is 12.7. The van der Waals surface area contributed by atoms with Gasteiger partial charge in [-0.1, -0.05) is 0 Å². The number of benzene rings is 1. The summed E-state index contributed by atoms with van der Waals surface area (Å²) in [5.74, 6) is 0.290. The van der Waals surface area contributed by atoms with E-state index in [1.807, 2.05) is 6.92 Å². The Balaban J connectivity index is 1.75. The molecule has 0 spiro atoms. The van der Waals surface area contributed by atoms with Gasteiger partial charge in [0, 0.05) is 18.2 Å². The maximum Gasteiger partial charge on any atom is 0.322 e. The number of aliphatic hydroxyl groups excluding tert-OH is 1. The lowest BCUT2D eigenvalue weighted by molar-refractivity contribution is 0.0951. The molecule has 8 nitrogen and oxygen atoms in total. The van der Waals surface area contributed by atoms with Crippen molar-refractivity contribution in [2.75, 3.05) is 32.2 Å². The Morgan fingerprint density at radius 3 is 2.69 bits per heavy atom. The van der Waals surface area contributed by atoms with Crippen LogP contribution in [0.3, 0.4) is 0 Å². The molecule has 1 saturated heterocycles. The number of nitrogens with zero attached hydrogens (tertiary/aromatic N) is 1. The minimum Gasteiger partial charge on any atom is -0.495 e. The monoisotopic (exact) mass is 363 g/mol. The Kier molecular flexibility index (Phi) is 5.63. The van der Waals surface area contributed by atoms with Gasteiger partial charge in [-0.2, -0.15) is 0 Å². The van der Waals surface area contributed by atoms with Crippen molar-refractivity contribution in [2.45, 2.75) is 38.0 Å². The molecule has 142 valence electrons. The fourth-order valence-corrected chi connectivity index (χ4v) is 2.99. The van der Waals surface area contributed by atoms with Crippen LogP contribution in [0.5, 0.6) is 5.75 Å². The van der Waals surface area contributed by atoms with Crippen molar-refractivity contribution in [3.05, 3.63) is 23.8 Å². The van der Waals surface area contributed by atoms with Crippen molar-refractivity contribution in [3.63, 3.8) is 0 Å². The first-order valence-electron chi connectivity index (χ1n) is 8.85. The predicted molar refractivity (Wildman–Crippen MR) is 95.5 cm³/mol. The summed E-state index contributed by atoms with van der Waals surface area (Å²) in [6.45, 7) is 2.76. The fraction of sp³-hybridized carbons (Fsp3) is 0.556. The lowest BCUT2D eigenvalue weighted by Crippen LogP contribution is -2.48. The van der Waals surface area contributed by atoms with Gasteiger partial charge in [-0.05, 0) is 38.0 Å². The van der Waals surface area contributed by atoms with E-state index >= 15 is 0 Å². The second-order valence-corrected chi connectivity index (χ2v) is 6.55. The lowest BCUT2D eigenvalue weighted by atomic mass is 10.1. The molecular weight excluding hydrogens is 338 g/mol. The molecule has 1 aromatic rings. The Labute approximate surface area is 152 Å². The predicted octanol–water partition coefficient (Wildman–Crippen LogP) is 1.20. The number of methoxy groups -OCH3 is 1. The molecule has 2 fully saturated rings. The van der Waals surface area contributed by atoms with E-state index in [1.165, 1.54) is 12.0 Å². The van der Waals surface area contributed by atoms with Crippen LogP contribution in [0.1, 0.15) is 30.1 Å². The van der Waals surface area contributed by atoms with Crippen LogP contribution in [0.25, 0.3) is 0 Å². The molecule has 0 bridgehead atoms. The van der Waals surface area contributed by atoms with Gasteiger partial charge in [0.1, 0.15) is 5.75 Å². The summed E-state index contributed by atoms with van der Waals surface area (Å²) in [6, 6.07) is 4.40. The molecule has 3 amide bonds. The molecule has 0 radical (unpaired) electrons. The lowest BCUT2D eigenvalue weighted by Gasteiger charge is -2.29. The number of urea groups is 1. The fourth-order valence-electron chi connectivity index (χ4n) is 2.99. The van der Waals surface area contributed by atoms with E-state index in [9.17, 15) is 14.7 Å². The zero-order chi connectivity index (χ0) is 18.7. The van der Waals surface area contributed by atoms with Crippen molar-refractivity contribution in [1.82, 2.24) is 10.2 Å². The third kappa shape index (κ3) is 4.08. The highest BCUT2D eigenvalue weighted by atomic mass is 16.5. The van der Waals surface area contributed by atoms with Crippen LogP contribution in [0.4, 0.5) is 10.5 Å². The number of aliphatic hydroxyl groups is 1. The van der Waals surface area contributed by atoms with Crippen molar-refractivity contribution in [1.29, 1.82) is 0 Å². The van der Waals surface area contributed by atoms with Crippen LogP contribution in [0.15, 0.2) is 18.2 Å². The van der Waals surface area contributed by atoms with Crippen LogP contribution < -0.4 is 15.4 Å². The van der Waals surface area contributed by atoms with E-state index < -0.39 is 12.1 Å². The third-order valence-corrected chi connectivity index (χ3v) is 4.64. The molecule has 8 heteroatoms. The van der Waals surface area contributed by atoms with Crippen molar-refractivity contribution < 1.29 is 24.2 Å². The highest BCUT2D eigenvalue weighted by Crippen LogP contribution is 2.27. The normalized spacial score (nSPS) is 22.0. The molecule has 2 aliphatic rings. The Hall–Kier alpha value is -2.32. The largest absolute Gasteiger partial charge is 0.495 e. The van der Waals surface area contributed by atoms with E-state index in [0.717, 1.165) is 12.8 Å². The van der Waals surface area contributed by atoms with E-state index in [2.05, 4.69) is 10.6 Å². The van der Waals surface area contributed by atoms with Crippen LogP contribution >= 0.6 is 0 Å². The molecule has 3 rings (SSSR count). The Morgan fingerprint density at radius 1 is 1.35 bits per heavy atom. The van der Waals surface area contributed by atoms with Gasteiger partial charge >= 0.3 is 6.03 Å². The summed E-state index contributed by atoms with van der Waals surface area (Å²) in [5.41, 5.74) is 0.869. The number of nitrogens with one attached hydrogen (secondary N) is 2. The van der Waals surface area contributed by atoms with Crippen LogP contribution in [0.2, 0.25) is 0 Å². The number of rotatable bonds is 6. The number of carbonyl (C=O) groups is 2. The number of anilines is 1. The average Bonchev–Trinajstić information content (AvgIpc) is 3.35. The molecule has 1 aromatic carbocycles. The SMILES string of the molecule is CCN(C(=O)Nc1cc(C(=O)NC2CC2)ccc1OC)[C@H]1COC[C@@H]1O. The average molecular weight is 363 g/mol. The van der Waals surface area contributed by atoms with Gasteiger partial charge in [-0.25, -0.2) is 4.79 Å². The summed E-state index contributed by atoms with van der Waals surface area (Å²) in [6.07, 6.45) is 1.30. The molecule has 3 N–H and O–H groups in total. The first-order chi connectivity index (χ1) is 12.5. The van der Waals surface area contributed by atoms with Gasteiger partial charge in [0.05, 0.1) is 38.2 Å². The molecule has 1 heterocycles. The maximum absolute atomic E-state index is 12.7. The molecule has 26 heavy (non-hydrogen) atoms. The Morgan fingerprint density at radius 2 is 2.12 bits per heavy atom. The number of likely N-dealkylation sites (N-methyl/N-ethyl adjacent to an activating group) is 1. The molecule has 0 unspecified atom stereocenters. The van der Waals surface area contributed by atoms with E-state index in [-0.39, 0.29) is 24.6 Å².